The summed E-state index contributed by atoms with van der Waals surface area (Å²) in [6.07, 6.45) is 1.15. The summed E-state index contributed by atoms with van der Waals surface area (Å²) in [6, 6.07) is 4.03. The zero-order valence-corrected chi connectivity index (χ0v) is 11.9. The SMILES string of the molecule is CC(O)C1CCN(C(=O)c2ccc([N+](=O)[O-])c(N)c2)CC1. The maximum atomic E-state index is 12.3. The summed E-state index contributed by atoms with van der Waals surface area (Å²) in [5, 5.41) is 20.3. The summed E-state index contributed by atoms with van der Waals surface area (Å²) >= 11 is 0. The highest BCUT2D eigenvalue weighted by Gasteiger charge is 2.26. The maximum Gasteiger partial charge on any atom is 0.292 e. The van der Waals surface area contributed by atoms with Crippen LogP contribution in [0.4, 0.5) is 11.4 Å². The molecule has 21 heavy (non-hydrogen) atoms. The summed E-state index contributed by atoms with van der Waals surface area (Å²) in [7, 11) is 0. The van der Waals surface area contributed by atoms with Crippen molar-refractivity contribution in [1.29, 1.82) is 0 Å². The second kappa shape index (κ2) is 6.09. The first kappa shape index (κ1) is 15.2. The van der Waals surface area contributed by atoms with Gasteiger partial charge < -0.3 is 15.7 Å². The molecule has 7 nitrogen and oxygen atoms in total. The summed E-state index contributed by atoms with van der Waals surface area (Å²) in [5.74, 6) is 0.0385. The van der Waals surface area contributed by atoms with Gasteiger partial charge >= 0.3 is 0 Å². The van der Waals surface area contributed by atoms with Gasteiger partial charge in [-0.3, -0.25) is 14.9 Å². The topological polar surface area (TPSA) is 110 Å². The predicted octanol–water partition coefficient (Wildman–Crippen LogP) is 1.41. The van der Waals surface area contributed by atoms with Gasteiger partial charge in [-0.1, -0.05) is 0 Å². The molecule has 1 unspecified atom stereocenters. The number of rotatable bonds is 3. The molecule has 1 saturated heterocycles. The quantitative estimate of drug-likeness (QED) is 0.497. The molecule has 1 amide bonds. The number of amides is 1. The van der Waals surface area contributed by atoms with Gasteiger partial charge in [0.15, 0.2) is 0 Å². The fourth-order valence-electron chi connectivity index (χ4n) is 2.62. The minimum Gasteiger partial charge on any atom is -0.393 e. The number of nitrogens with two attached hydrogens (primary N) is 1. The second-order valence-corrected chi connectivity index (χ2v) is 5.40. The molecular formula is C14H19N3O4. The van der Waals surface area contributed by atoms with Gasteiger partial charge in [-0.15, -0.1) is 0 Å². The molecule has 0 aliphatic carbocycles. The zero-order chi connectivity index (χ0) is 15.6. The highest BCUT2D eigenvalue weighted by molar-refractivity contribution is 5.95. The number of likely N-dealkylation sites (tertiary alicyclic amines) is 1. The highest BCUT2D eigenvalue weighted by Crippen LogP contribution is 2.25. The van der Waals surface area contributed by atoms with Gasteiger partial charge in [0, 0.05) is 24.7 Å². The van der Waals surface area contributed by atoms with Gasteiger partial charge in [0.05, 0.1) is 11.0 Å². The maximum absolute atomic E-state index is 12.3. The van der Waals surface area contributed by atoms with Crippen LogP contribution in [0.2, 0.25) is 0 Å². The van der Waals surface area contributed by atoms with Crippen molar-refractivity contribution in [3.05, 3.63) is 33.9 Å². The largest absolute Gasteiger partial charge is 0.393 e. The average molecular weight is 293 g/mol. The van der Waals surface area contributed by atoms with Crippen LogP contribution in [0.25, 0.3) is 0 Å². The molecule has 114 valence electrons. The Morgan fingerprint density at radius 1 is 1.48 bits per heavy atom. The molecule has 7 heteroatoms. The Morgan fingerprint density at radius 3 is 2.57 bits per heavy atom. The Bertz CT molecular complexity index is 551. The van der Waals surface area contributed by atoms with E-state index in [0.717, 1.165) is 12.8 Å². The van der Waals surface area contributed by atoms with Gasteiger partial charge in [-0.25, -0.2) is 0 Å². The van der Waals surface area contributed by atoms with E-state index in [9.17, 15) is 20.0 Å². The van der Waals surface area contributed by atoms with Crippen molar-refractivity contribution in [2.75, 3.05) is 18.8 Å². The number of anilines is 1. The van der Waals surface area contributed by atoms with E-state index in [4.69, 9.17) is 5.73 Å². The van der Waals surface area contributed by atoms with E-state index in [1.54, 1.807) is 11.8 Å². The van der Waals surface area contributed by atoms with Crippen LogP contribution in [0, 0.1) is 16.0 Å². The molecule has 1 aromatic rings. The van der Waals surface area contributed by atoms with E-state index < -0.39 is 4.92 Å². The second-order valence-electron chi connectivity index (χ2n) is 5.40. The van der Waals surface area contributed by atoms with Crippen LogP contribution in [0.3, 0.4) is 0 Å². The number of carbonyl (C=O) groups is 1. The van der Waals surface area contributed by atoms with E-state index >= 15 is 0 Å². The molecule has 1 heterocycles. The number of nitrogens with zero attached hydrogens (tertiary/aromatic N) is 2. The lowest BCUT2D eigenvalue weighted by atomic mass is 9.92. The van der Waals surface area contributed by atoms with Crippen LogP contribution >= 0.6 is 0 Å². The third-order valence-electron chi connectivity index (χ3n) is 3.98. The third kappa shape index (κ3) is 3.30. The monoisotopic (exact) mass is 293 g/mol. The number of aliphatic hydroxyl groups excluding tert-OH is 1. The van der Waals surface area contributed by atoms with E-state index in [-0.39, 0.29) is 29.3 Å². The third-order valence-corrected chi connectivity index (χ3v) is 3.98. The molecule has 0 radical (unpaired) electrons. The lowest BCUT2D eigenvalue weighted by molar-refractivity contribution is -0.383. The Kier molecular flexibility index (Phi) is 4.42. The molecule has 1 aliphatic rings. The average Bonchev–Trinajstić information content (AvgIpc) is 2.46. The molecule has 1 aliphatic heterocycles. The Balaban J connectivity index is 2.08. The van der Waals surface area contributed by atoms with Gasteiger partial charge in [0.2, 0.25) is 0 Å². The van der Waals surface area contributed by atoms with E-state index in [0.29, 0.717) is 18.7 Å². The fourth-order valence-corrected chi connectivity index (χ4v) is 2.62. The van der Waals surface area contributed by atoms with Gasteiger partial charge in [0.1, 0.15) is 5.69 Å². The van der Waals surface area contributed by atoms with Crippen LogP contribution in [0.15, 0.2) is 18.2 Å². The molecule has 1 aromatic carbocycles. The first-order valence-electron chi connectivity index (χ1n) is 6.91. The summed E-state index contributed by atoms with van der Waals surface area (Å²) < 4.78 is 0. The number of aliphatic hydroxyl groups is 1. The number of hydrogen-bond acceptors (Lipinski definition) is 5. The number of nitro benzene ring substituents is 1. The number of benzene rings is 1. The predicted molar refractivity (Wildman–Crippen MR) is 77.8 cm³/mol. The molecule has 0 saturated carbocycles. The van der Waals surface area contributed by atoms with Gasteiger partial charge in [-0.05, 0) is 37.8 Å². The van der Waals surface area contributed by atoms with Crippen molar-refractivity contribution >= 4 is 17.3 Å². The number of nitro groups is 1. The van der Waals surface area contributed by atoms with Crippen LogP contribution < -0.4 is 5.73 Å². The van der Waals surface area contributed by atoms with Crippen molar-refractivity contribution in [2.24, 2.45) is 5.92 Å². The molecule has 1 fully saturated rings. The van der Waals surface area contributed by atoms with Crippen molar-refractivity contribution in [3.8, 4) is 0 Å². The van der Waals surface area contributed by atoms with Gasteiger partial charge in [0.25, 0.3) is 11.6 Å². The highest BCUT2D eigenvalue weighted by atomic mass is 16.6. The molecule has 0 bridgehead atoms. The van der Waals surface area contributed by atoms with Gasteiger partial charge in [-0.2, -0.15) is 0 Å². The van der Waals surface area contributed by atoms with Crippen molar-refractivity contribution in [1.82, 2.24) is 4.90 Å². The number of piperidine rings is 1. The van der Waals surface area contributed by atoms with E-state index in [1.165, 1.54) is 18.2 Å². The number of nitrogen functional groups attached to an aromatic ring is 1. The molecule has 0 spiro atoms. The van der Waals surface area contributed by atoms with Crippen molar-refractivity contribution in [3.63, 3.8) is 0 Å². The standard InChI is InChI=1S/C14H19N3O4/c1-9(18)10-4-6-16(7-5-10)14(19)11-2-3-13(17(20)21)12(15)8-11/h2-3,8-10,18H,4-7,15H2,1H3. The summed E-state index contributed by atoms with van der Waals surface area (Å²) in [6.45, 7) is 2.91. The van der Waals surface area contributed by atoms with Crippen LogP contribution in [0.1, 0.15) is 30.1 Å². The number of carbonyl (C=O) groups excluding carboxylic acids is 1. The smallest absolute Gasteiger partial charge is 0.292 e. The normalized spacial score (nSPS) is 17.5. The molecule has 2 rings (SSSR count). The van der Waals surface area contributed by atoms with E-state index in [1.807, 2.05) is 0 Å². The fraction of sp³-hybridized carbons (Fsp3) is 0.500. The van der Waals surface area contributed by atoms with Crippen LogP contribution in [-0.4, -0.2) is 40.0 Å². The van der Waals surface area contributed by atoms with Crippen LogP contribution in [0.5, 0.6) is 0 Å². The number of hydrogen-bond donors (Lipinski definition) is 2. The molecule has 1 atom stereocenters. The Hall–Kier alpha value is -2.15. The first-order chi connectivity index (χ1) is 9.90. The Labute approximate surface area is 122 Å². The lowest BCUT2D eigenvalue weighted by Gasteiger charge is -2.33. The lowest BCUT2D eigenvalue weighted by Crippen LogP contribution is -2.40. The first-order valence-corrected chi connectivity index (χ1v) is 6.91. The molecule has 0 aromatic heterocycles. The molecular weight excluding hydrogens is 274 g/mol. The van der Waals surface area contributed by atoms with Crippen LogP contribution in [-0.2, 0) is 0 Å². The van der Waals surface area contributed by atoms with Crippen molar-refractivity contribution < 1.29 is 14.8 Å². The summed E-state index contributed by atoms with van der Waals surface area (Å²) in [4.78, 5) is 24.2. The minimum atomic E-state index is -0.572. The zero-order valence-electron chi connectivity index (χ0n) is 11.9. The summed E-state index contributed by atoms with van der Waals surface area (Å²) in [5.41, 5.74) is 5.76. The van der Waals surface area contributed by atoms with Crippen molar-refractivity contribution in [2.45, 2.75) is 25.9 Å². The van der Waals surface area contributed by atoms with E-state index in [2.05, 4.69) is 0 Å². The minimum absolute atomic E-state index is 0.00952. The molecule has 3 N–H and O–H groups in total. The Morgan fingerprint density at radius 2 is 2.10 bits per heavy atom.